The highest BCUT2D eigenvalue weighted by Gasteiger charge is 2.28. The van der Waals surface area contributed by atoms with Gasteiger partial charge < -0.3 is 9.30 Å². The number of ether oxygens (including phenoxy) is 1. The SMILES string of the molecule is COC[C@@H](n1cnc2cnc3ccccc3c21)C(C)(C)C. The van der Waals surface area contributed by atoms with Crippen LogP contribution in [0, 0.1) is 5.41 Å². The molecule has 0 unspecified atom stereocenters. The molecule has 0 fully saturated rings. The van der Waals surface area contributed by atoms with Crippen LogP contribution in [0.3, 0.4) is 0 Å². The molecule has 0 bridgehead atoms. The molecule has 0 aliphatic heterocycles. The van der Waals surface area contributed by atoms with Gasteiger partial charge in [0.05, 0.1) is 36.2 Å². The zero-order valence-electron chi connectivity index (χ0n) is 13.0. The fourth-order valence-electron chi connectivity index (χ4n) is 2.81. The molecule has 0 N–H and O–H groups in total. The third-order valence-corrected chi connectivity index (χ3v) is 3.97. The van der Waals surface area contributed by atoms with Crippen molar-refractivity contribution in [1.82, 2.24) is 14.5 Å². The number of fused-ring (bicyclic) bond motifs is 3. The summed E-state index contributed by atoms with van der Waals surface area (Å²) in [5.41, 5.74) is 3.14. The van der Waals surface area contributed by atoms with Crippen molar-refractivity contribution in [2.75, 3.05) is 13.7 Å². The average Bonchev–Trinajstić information content (AvgIpc) is 2.87. The molecule has 1 aromatic carbocycles. The van der Waals surface area contributed by atoms with E-state index in [4.69, 9.17) is 4.74 Å². The van der Waals surface area contributed by atoms with Gasteiger partial charge in [0.1, 0.15) is 5.52 Å². The van der Waals surface area contributed by atoms with Crippen molar-refractivity contribution in [3.63, 3.8) is 0 Å². The van der Waals surface area contributed by atoms with Crippen molar-refractivity contribution in [2.24, 2.45) is 5.41 Å². The molecule has 4 heteroatoms. The number of benzene rings is 1. The number of methoxy groups -OCH3 is 1. The Labute approximate surface area is 124 Å². The van der Waals surface area contributed by atoms with Crippen molar-refractivity contribution in [3.8, 4) is 0 Å². The summed E-state index contributed by atoms with van der Waals surface area (Å²) in [5.74, 6) is 0. The second kappa shape index (κ2) is 5.11. The van der Waals surface area contributed by atoms with E-state index in [1.807, 2.05) is 30.7 Å². The van der Waals surface area contributed by atoms with Gasteiger partial charge in [0.15, 0.2) is 0 Å². The molecular weight excluding hydrogens is 262 g/mol. The van der Waals surface area contributed by atoms with Crippen LogP contribution in [0.15, 0.2) is 36.8 Å². The summed E-state index contributed by atoms with van der Waals surface area (Å²) >= 11 is 0. The van der Waals surface area contributed by atoms with Crippen molar-refractivity contribution in [2.45, 2.75) is 26.8 Å². The molecule has 1 atom stereocenters. The van der Waals surface area contributed by atoms with Gasteiger partial charge in [0.25, 0.3) is 0 Å². The van der Waals surface area contributed by atoms with Crippen molar-refractivity contribution >= 4 is 21.9 Å². The molecule has 2 heterocycles. The maximum Gasteiger partial charge on any atom is 0.107 e. The van der Waals surface area contributed by atoms with Gasteiger partial charge >= 0.3 is 0 Å². The number of pyridine rings is 1. The van der Waals surface area contributed by atoms with E-state index in [1.54, 1.807) is 7.11 Å². The number of para-hydroxylation sites is 1. The molecule has 4 nitrogen and oxygen atoms in total. The molecule has 3 aromatic rings. The number of hydrogen-bond acceptors (Lipinski definition) is 3. The van der Waals surface area contributed by atoms with E-state index in [2.05, 4.69) is 41.4 Å². The van der Waals surface area contributed by atoms with Gasteiger partial charge in [-0.25, -0.2) is 4.98 Å². The summed E-state index contributed by atoms with van der Waals surface area (Å²) in [6.45, 7) is 7.34. The molecular formula is C17H21N3O. The van der Waals surface area contributed by atoms with Crippen molar-refractivity contribution < 1.29 is 4.74 Å². The van der Waals surface area contributed by atoms with Gasteiger partial charge in [0, 0.05) is 12.5 Å². The molecule has 0 radical (unpaired) electrons. The van der Waals surface area contributed by atoms with E-state index in [0.29, 0.717) is 6.61 Å². The Morgan fingerprint density at radius 2 is 1.90 bits per heavy atom. The predicted molar refractivity (Wildman–Crippen MR) is 85.4 cm³/mol. The summed E-state index contributed by atoms with van der Waals surface area (Å²) in [5, 5.41) is 1.14. The normalized spacial score (nSPS) is 13.9. The molecule has 0 aliphatic carbocycles. The van der Waals surface area contributed by atoms with E-state index in [-0.39, 0.29) is 11.5 Å². The second-order valence-electron chi connectivity index (χ2n) is 6.50. The lowest BCUT2D eigenvalue weighted by Gasteiger charge is -2.31. The minimum absolute atomic E-state index is 0.0774. The third-order valence-electron chi connectivity index (χ3n) is 3.97. The molecule has 0 spiro atoms. The topological polar surface area (TPSA) is 39.9 Å². The molecule has 0 aliphatic rings. The van der Waals surface area contributed by atoms with E-state index in [0.717, 1.165) is 21.9 Å². The van der Waals surface area contributed by atoms with E-state index in [9.17, 15) is 0 Å². The van der Waals surface area contributed by atoms with E-state index >= 15 is 0 Å². The van der Waals surface area contributed by atoms with Gasteiger partial charge in [-0.15, -0.1) is 0 Å². The monoisotopic (exact) mass is 283 g/mol. The molecule has 3 rings (SSSR count). The van der Waals surface area contributed by atoms with Crippen LogP contribution in [0.1, 0.15) is 26.8 Å². The van der Waals surface area contributed by atoms with Crippen LogP contribution in [0.4, 0.5) is 0 Å². The zero-order valence-corrected chi connectivity index (χ0v) is 13.0. The molecule has 110 valence electrons. The Kier molecular flexibility index (Phi) is 3.41. The lowest BCUT2D eigenvalue weighted by atomic mass is 9.87. The van der Waals surface area contributed by atoms with Gasteiger partial charge in [0.2, 0.25) is 0 Å². The van der Waals surface area contributed by atoms with Crippen LogP contribution in [-0.2, 0) is 4.74 Å². The van der Waals surface area contributed by atoms with Crippen LogP contribution in [-0.4, -0.2) is 28.3 Å². The standard InChI is InChI=1S/C17H21N3O/c1-17(2,3)15(10-21-4)20-11-19-14-9-18-13-8-6-5-7-12(13)16(14)20/h5-9,11,15H,10H2,1-4H3/t15-/m1/s1. The van der Waals surface area contributed by atoms with Gasteiger partial charge in [-0.3, -0.25) is 4.98 Å². The lowest BCUT2D eigenvalue weighted by molar-refractivity contribution is 0.0985. The smallest absolute Gasteiger partial charge is 0.107 e. The predicted octanol–water partition coefficient (Wildman–Crippen LogP) is 3.82. The third kappa shape index (κ3) is 2.40. The second-order valence-corrected chi connectivity index (χ2v) is 6.50. The summed E-state index contributed by atoms with van der Waals surface area (Å²) in [7, 11) is 1.75. The van der Waals surface area contributed by atoms with Gasteiger partial charge in [-0.2, -0.15) is 0 Å². The number of nitrogens with zero attached hydrogens (tertiary/aromatic N) is 3. The maximum atomic E-state index is 5.45. The van der Waals surface area contributed by atoms with Crippen LogP contribution >= 0.6 is 0 Å². The maximum absolute atomic E-state index is 5.45. The fraction of sp³-hybridized carbons (Fsp3) is 0.412. The number of rotatable bonds is 3. The Balaban J connectivity index is 2.29. The van der Waals surface area contributed by atoms with E-state index in [1.165, 1.54) is 0 Å². The summed E-state index contributed by atoms with van der Waals surface area (Å²) in [4.78, 5) is 9.01. The van der Waals surface area contributed by atoms with Crippen LogP contribution in [0.5, 0.6) is 0 Å². The quantitative estimate of drug-likeness (QED) is 0.733. The molecule has 0 saturated heterocycles. The molecule has 2 aromatic heterocycles. The van der Waals surface area contributed by atoms with Crippen molar-refractivity contribution in [1.29, 1.82) is 0 Å². The summed E-state index contributed by atoms with van der Waals surface area (Å²) in [6, 6.07) is 8.42. The lowest BCUT2D eigenvalue weighted by Crippen LogP contribution is -2.28. The first-order chi connectivity index (χ1) is 10.0. The number of aromatic nitrogens is 3. The van der Waals surface area contributed by atoms with Gasteiger partial charge in [-0.05, 0) is 11.5 Å². The Bertz CT molecular complexity index is 770. The first kappa shape index (κ1) is 14.0. The summed E-state index contributed by atoms with van der Waals surface area (Å²) in [6.07, 6.45) is 3.76. The first-order valence-electron chi connectivity index (χ1n) is 7.21. The molecule has 0 saturated carbocycles. The Morgan fingerprint density at radius 1 is 1.14 bits per heavy atom. The first-order valence-corrected chi connectivity index (χ1v) is 7.21. The minimum Gasteiger partial charge on any atom is -0.383 e. The van der Waals surface area contributed by atoms with Crippen LogP contribution < -0.4 is 0 Å². The highest BCUT2D eigenvalue weighted by molar-refractivity contribution is 6.01. The molecule has 21 heavy (non-hydrogen) atoms. The fourth-order valence-corrected chi connectivity index (χ4v) is 2.81. The average molecular weight is 283 g/mol. The Hall–Kier alpha value is -1.94. The van der Waals surface area contributed by atoms with Gasteiger partial charge in [-0.1, -0.05) is 39.0 Å². The highest BCUT2D eigenvalue weighted by Crippen LogP contribution is 2.34. The highest BCUT2D eigenvalue weighted by atomic mass is 16.5. The largest absolute Gasteiger partial charge is 0.383 e. The number of imidazole rings is 1. The van der Waals surface area contributed by atoms with Crippen molar-refractivity contribution in [3.05, 3.63) is 36.8 Å². The zero-order chi connectivity index (χ0) is 15.0. The van der Waals surface area contributed by atoms with E-state index < -0.39 is 0 Å². The Morgan fingerprint density at radius 3 is 2.62 bits per heavy atom. The molecule has 0 amide bonds. The minimum atomic E-state index is 0.0774. The van der Waals surface area contributed by atoms with Crippen LogP contribution in [0.25, 0.3) is 21.9 Å². The van der Waals surface area contributed by atoms with Crippen LogP contribution in [0.2, 0.25) is 0 Å². The summed E-state index contributed by atoms with van der Waals surface area (Å²) < 4.78 is 7.69. The number of hydrogen-bond donors (Lipinski definition) is 0.